The fourth-order valence-corrected chi connectivity index (χ4v) is 2.57. The number of amides is 1. The number of rotatable bonds is 2. The smallest absolute Gasteiger partial charge is 0.254 e. The van der Waals surface area contributed by atoms with Crippen molar-refractivity contribution in [2.75, 3.05) is 13.1 Å². The number of nitrogens with two attached hydrogens (primary N) is 1. The van der Waals surface area contributed by atoms with Crippen LogP contribution in [0.4, 0.5) is 0 Å². The number of carbonyl (C=O) groups excluding carboxylic acids is 1. The molecule has 1 heterocycles. The van der Waals surface area contributed by atoms with Crippen molar-refractivity contribution in [2.24, 2.45) is 5.73 Å². The Bertz CT molecular complexity index is 442. The molecule has 2 rings (SSSR count). The molecular weight excluding hydrogens is 339 g/mol. The summed E-state index contributed by atoms with van der Waals surface area (Å²) in [6, 6.07) is 5.44. The minimum absolute atomic E-state index is 0. The molecule has 0 radical (unpaired) electrons. The highest BCUT2D eigenvalue weighted by atomic mass is 79.9. The molecule has 1 saturated heterocycles. The van der Waals surface area contributed by atoms with Gasteiger partial charge < -0.3 is 10.6 Å². The highest BCUT2D eigenvalue weighted by Gasteiger charge is 2.28. The Kier molecular flexibility index (Phi) is 5.92. The van der Waals surface area contributed by atoms with Crippen molar-refractivity contribution in [3.05, 3.63) is 33.3 Å². The Morgan fingerprint density at radius 2 is 2.28 bits per heavy atom. The zero-order valence-electron chi connectivity index (χ0n) is 9.73. The van der Waals surface area contributed by atoms with Crippen LogP contribution in [-0.2, 0) is 0 Å². The van der Waals surface area contributed by atoms with Gasteiger partial charge >= 0.3 is 0 Å². The van der Waals surface area contributed by atoms with E-state index < -0.39 is 0 Å². The summed E-state index contributed by atoms with van der Waals surface area (Å²) in [6.45, 7) is 1.31. The Balaban J connectivity index is 0.00000162. The number of halogens is 3. The molecule has 1 unspecified atom stereocenters. The number of likely N-dealkylation sites (tertiary alicyclic amines) is 1. The number of nitrogens with zero attached hydrogens (tertiary/aromatic N) is 1. The zero-order chi connectivity index (χ0) is 12.4. The highest BCUT2D eigenvalue weighted by molar-refractivity contribution is 9.10. The van der Waals surface area contributed by atoms with E-state index in [0.29, 0.717) is 17.1 Å². The number of carbonyl (C=O) groups is 1. The first-order valence-corrected chi connectivity index (χ1v) is 6.76. The van der Waals surface area contributed by atoms with Gasteiger partial charge in [0, 0.05) is 29.2 Å². The predicted octanol–water partition coefficient (Wildman–Crippen LogP) is 3.09. The van der Waals surface area contributed by atoms with Crippen LogP contribution in [0.3, 0.4) is 0 Å². The minimum atomic E-state index is 0. The average Bonchev–Trinajstić information content (AvgIpc) is 2.80. The van der Waals surface area contributed by atoms with E-state index in [1.807, 2.05) is 4.90 Å². The summed E-state index contributed by atoms with van der Waals surface area (Å²) in [6.07, 6.45) is 2.02. The molecule has 3 nitrogen and oxygen atoms in total. The van der Waals surface area contributed by atoms with Crippen molar-refractivity contribution < 1.29 is 4.79 Å². The fourth-order valence-electron chi connectivity index (χ4n) is 2.14. The molecule has 1 aromatic rings. The molecular formula is C12H15BrCl2N2O. The molecule has 2 N–H and O–H groups in total. The van der Waals surface area contributed by atoms with Gasteiger partial charge in [-0.05, 0) is 47.0 Å². The molecule has 1 aromatic carbocycles. The number of hydrogen-bond donors (Lipinski definition) is 1. The molecule has 1 atom stereocenters. The third-order valence-electron chi connectivity index (χ3n) is 3.08. The van der Waals surface area contributed by atoms with Gasteiger partial charge in [-0.15, -0.1) is 12.4 Å². The van der Waals surface area contributed by atoms with E-state index in [0.717, 1.165) is 23.9 Å². The summed E-state index contributed by atoms with van der Waals surface area (Å²) in [4.78, 5) is 14.1. The van der Waals surface area contributed by atoms with Gasteiger partial charge in [-0.1, -0.05) is 11.6 Å². The van der Waals surface area contributed by atoms with Gasteiger partial charge in [-0.25, -0.2) is 0 Å². The van der Waals surface area contributed by atoms with E-state index in [1.54, 1.807) is 18.2 Å². The molecule has 0 bridgehead atoms. The van der Waals surface area contributed by atoms with Crippen molar-refractivity contribution in [2.45, 2.75) is 18.9 Å². The summed E-state index contributed by atoms with van der Waals surface area (Å²) in [5, 5.41) is 0.555. The Hall–Kier alpha value is -0.290. The van der Waals surface area contributed by atoms with E-state index in [4.69, 9.17) is 17.3 Å². The molecule has 18 heavy (non-hydrogen) atoms. The van der Waals surface area contributed by atoms with Crippen molar-refractivity contribution in [3.8, 4) is 0 Å². The summed E-state index contributed by atoms with van der Waals surface area (Å²) >= 11 is 9.30. The molecule has 0 spiro atoms. The quantitative estimate of drug-likeness (QED) is 0.887. The second-order valence-electron chi connectivity index (χ2n) is 4.16. The molecule has 1 fully saturated rings. The lowest BCUT2D eigenvalue weighted by Crippen LogP contribution is -2.39. The van der Waals surface area contributed by atoms with Gasteiger partial charge in [-0.3, -0.25) is 4.79 Å². The average molecular weight is 354 g/mol. The summed E-state index contributed by atoms with van der Waals surface area (Å²) in [5.41, 5.74) is 6.29. The first-order chi connectivity index (χ1) is 8.13. The third kappa shape index (κ3) is 3.18. The van der Waals surface area contributed by atoms with E-state index in [1.165, 1.54) is 0 Å². The van der Waals surface area contributed by atoms with Crippen LogP contribution in [0.2, 0.25) is 5.02 Å². The molecule has 1 amide bonds. The van der Waals surface area contributed by atoms with Crippen LogP contribution in [0, 0.1) is 0 Å². The van der Waals surface area contributed by atoms with E-state index in [-0.39, 0.29) is 24.4 Å². The van der Waals surface area contributed by atoms with Crippen LogP contribution >= 0.6 is 39.9 Å². The second kappa shape index (κ2) is 6.75. The van der Waals surface area contributed by atoms with Crippen LogP contribution in [0.1, 0.15) is 23.2 Å². The van der Waals surface area contributed by atoms with Crippen molar-refractivity contribution in [1.29, 1.82) is 0 Å². The molecule has 0 aliphatic carbocycles. The van der Waals surface area contributed by atoms with E-state index in [2.05, 4.69) is 15.9 Å². The summed E-state index contributed by atoms with van der Waals surface area (Å²) in [5.74, 6) is 0.0207. The Morgan fingerprint density at radius 1 is 1.56 bits per heavy atom. The SMILES string of the molecule is Cl.NCC1CCCN1C(=O)c1ccc(Br)c(Cl)c1. The number of hydrogen-bond acceptors (Lipinski definition) is 2. The lowest BCUT2D eigenvalue weighted by atomic mass is 10.1. The molecule has 100 valence electrons. The maximum atomic E-state index is 12.3. The van der Waals surface area contributed by atoms with Crippen molar-refractivity contribution in [1.82, 2.24) is 4.90 Å². The van der Waals surface area contributed by atoms with Crippen LogP contribution in [0.25, 0.3) is 0 Å². The fraction of sp³-hybridized carbons (Fsp3) is 0.417. The normalized spacial score (nSPS) is 18.6. The molecule has 6 heteroatoms. The van der Waals surface area contributed by atoms with Gasteiger partial charge in [0.2, 0.25) is 0 Å². The zero-order valence-corrected chi connectivity index (χ0v) is 12.9. The molecule has 1 aliphatic rings. The van der Waals surface area contributed by atoms with Gasteiger partial charge in [-0.2, -0.15) is 0 Å². The first kappa shape index (κ1) is 15.8. The maximum absolute atomic E-state index is 12.3. The van der Waals surface area contributed by atoms with Crippen LogP contribution < -0.4 is 5.73 Å². The van der Waals surface area contributed by atoms with Gasteiger partial charge in [0.15, 0.2) is 0 Å². The van der Waals surface area contributed by atoms with E-state index >= 15 is 0 Å². The van der Waals surface area contributed by atoms with Crippen LogP contribution in [-0.4, -0.2) is 29.9 Å². The molecule has 0 saturated carbocycles. The monoisotopic (exact) mass is 352 g/mol. The Labute approximate surface area is 126 Å². The standard InChI is InChI=1S/C12H14BrClN2O.ClH/c13-10-4-3-8(6-11(10)14)12(17)16-5-1-2-9(16)7-15;/h3-4,6,9H,1-2,5,7,15H2;1H. The predicted molar refractivity (Wildman–Crippen MR) is 79.5 cm³/mol. The third-order valence-corrected chi connectivity index (χ3v) is 4.31. The van der Waals surface area contributed by atoms with Crippen LogP contribution in [0.5, 0.6) is 0 Å². The minimum Gasteiger partial charge on any atom is -0.334 e. The topological polar surface area (TPSA) is 46.3 Å². The second-order valence-corrected chi connectivity index (χ2v) is 5.42. The maximum Gasteiger partial charge on any atom is 0.254 e. The highest BCUT2D eigenvalue weighted by Crippen LogP contribution is 2.25. The van der Waals surface area contributed by atoms with Gasteiger partial charge in [0.05, 0.1) is 5.02 Å². The lowest BCUT2D eigenvalue weighted by Gasteiger charge is -2.23. The van der Waals surface area contributed by atoms with Crippen LogP contribution in [0.15, 0.2) is 22.7 Å². The summed E-state index contributed by atoms with van der Waals surface area (Å²) < 4.78 is 0.799. The Morgan fingerprint density at radius 3 is 2.89 bits per heavy atom. The van der Waals surface area contributed by atoms with Gasteiger partial charge in [0.1, 0.15) is 0 Å². The summed E-state index contributed by atoms with van der Waals surface area (Å²) in [7, 11) is 0. The number of benzene rings is 1. The van der Waals surface area contributed by atoms with Crippen molar-refractivity contribution >= 4 is 45.8 Å². The molecule has 0 aromatic heterocycles. The first-order valence-electron chi connectivity index (χ1n) is 5.59. The molecule has 1 aliphatic heterocycles. The van der Waals surface area contributed by atoms with Gasteiger partial charge in [0.25, 0.3) is 5.91 Å². The van der Waals surface area contributed by atoms with E-state index in [9.17, 15) is 4.79 Å². The lowest BCUT2D eigenvalue weighted by molar-refractivity contribution is 0.0741. The largest absolute Gasteiger partial charge is 0.334 e. The van der Waals surface area contributed by atoms with Crippen molar-refractivity contribution in [3.63, 3.8) is 0 Å².